The minimum atomic E-state index is 0.631. The van der Waals surface area contributed by atoms with Crippen molar-refractivity contribution in [2.45, 2.75) is 84.5 Å². The summed E-state index contributed by atoms with van der Waals surface area (Å²) in [5.41, 5.74) is 3.73. The lowest BCUT2D eigenvalue weighted by atomic mass is 9.68. The summed E-state index contributed by atoms with van der Waals surface area (Å²) in [6.07, 6.45) is 12.2. The van der Waals surface area contributed by atoms with Crippen LogP contribution in [0.15, 0.2) is 24.3 Å². The van der Waals surface area contributed by atoms with E-state index >= 15 is 0 Å². The van der Waals surface area contributed by atoms with Crippen molar-refractivity contribution in [3.05, 3.63) is 35.4 Å². The molecule has 0 radical (unpaired) electrons. The summed E-state index contributed by atoms with van der Waals surface area (Å²) in [6.45, 7) is 7.09. The first-order chi connectivity index (χ1) is 9.67. The molecular weight excluding hydrogens is 240 g/mol. The van der Waals surface area contributed by atoms with E-state index in [1.807, 2.05) is 0 Å². The standard InChI is InChI=1S/C20H32/c1-4-6-7-17-8-10-18(11-9-17)19-12-15-20(3,14-5-2)16-13-19/h8-11,19H,4-7,12-16H2,1-3H3/t19-,20+. The summed E-state index contributed by atoms with van der Waals surface area (Å²) < 4.78 is 0. The van der Waals surface area contributed by atoms with Crippen LogP contribution in [-0.4, -0.2) is 0 Å². The Balaban J connectivity index is 1.90. The summed E-state index contributed by atoms with van der Waals surface area (Å²) in [5.74, 6) is 0.820. The second-order valence-electron chi connectivity index (χ2n) is 7.18. The molecule has 0 aliphatic heterocycles. The molecule has 0 amide bonds. The normalized spacial score (nSPS) is 26.6. The molecule has 20 heavy (non-hydrogen) atoms. The van der Waals surface area contributed by atoms with Crippen LogP contribution >= 0.6 is 0 Å². The van der Waals surface area contributed by atoms with Crippen LogP contribution in [-0.2, 0) is 6.42 Å². The van der Waals surface area contributed by atoms with Crippen molar-refractivity contribution in [1.29, 1.82) is 0 Å². The Morgan fingerprint density at radius 1 is 1.00 bits per heavy atom. The highest BCUT2D eigenvalue weighted by Crippen LogP contribution is 2.45. The minimum absolute atomic E-state index is 0.631. The average molecular weight is 272 g/mol. The van der Waals surface area contributed by atoms with Gasteiger partial charge in [0.15, 0.2) is 0 Å². The summed E-state index contributed by atoms with van der Waals surface area (Å²) in [7, 11) is 0. The van der Waals surface area contributed by atoms with E-state index in [1.54, 1.807) is 5.56 Å². The number of benzene rings is 1. The van der Waals surface area contributed by atoms with Crippen LogP contribution in [0.4, 0.5) is 0 Å². The Kier molecular flexibility index (Phi) is 5.69. The third-order valence-electron chi connectivity index (χ3n) is 5.32. The molecule has 0 atom stereocenters. The topological polar surface area (TPSA) is 0 Å². The van der Waals surface area contributed by atoms with Gasteiger partial charge in [-0.3, -0.25) is 0 Å². The lowest BCUT2D eigenvalue weighted by Gasteiger charge is -2.37. The van der Waals surface area contributed by atoms with Crippen molar-refractivity contribution in [3.8, 4) is 0 Å². The summed E-state index contributed by atoms with van der Waals surface area (Å²) in [5, 5.41) is 0. The van der Waals surface area contributed by atoms with Crippen molar-refractivity contribution in [1.82, 2.24) is 0 Å². The maximum Gasteiger partial charge on any atom is -0.0162 e. The Bertz CT molecular complexity index is 379. The predicted octanol–water partition coefficient (Wildman–Crippen LogP) is 6.49. The largest absolute Gasteiger partial charge is 0.0654 e. The van der Waals surface area contributed by atoms with Gasteiger partial charge in [0.2, 0.25) is 0 Å². The van der Waals surface area contributed by atoms with Crippen molar-refractivity contribution < 1.29 is 0 Å². The molecule has 0 nitrogen and oxygen atoms in total. The first-order valence-electron chi connectivity index (χ1n) is 8.75. The Labute approximate surface area is 126 Å². The summed E-state index contributed by atoms with van der Waals surface area (Å²) in [6, 6.07) is 9.53. The molecule has 0 aromatic heterocycles. The lowest BCUT2D eigenvalue weighted by molar-refractivity contribution is 0.182. The molecule has 0 heteroatoms. The van der Waals surface area contributed by atoms with Crippen LogP contribution in [0.5, 0.6) is 0 Å². The van der Waals surface area contributed by atoms with Crippen LogP contribution in [0, 0.1) is 5.41 Å². The molecule has 0 unspecified atom stereocenters. The van der Waals surface area contributed by atoms with E-state index < -0.39 is 0 Å². The second kappa shape index (κ2) is 7.29. The highest BCUT2D eigenvalue weighted by molar-refractivity contribution is 5.26. The number of unbranched alkanes of at least 4 members (excludes halogenated alkanes) is 1. The van der Waals surface area contributed by atoms with E-state index in [2.05, 4.69) is 45.0 Å². The zero-order valence-electron chi connectivity index (χ0n) is 13.8. The maximum atomic E-state index is 2.50. The fourth-order valence-electron chi connectivity index (χ4n) is 3.84. The molecule has 1 fully saturated rings. The van der Waals surface area contributed by atoms with E-state index in [9.17, 15) is 0 Å². The average Bonchev–Trinajstić information content (AvgIpc) is 2.47. The summed E-state index contributed by atoms with van der Waals surface area (Å²) >= 11 is 0. The fourth-order valence-corrected chi connectivity index (χ4v) is 3.84. The molecule has 1 saturated carbocycles. The van der Waals surface area contributed by atoms with Gasteiger partial charge in [-0.05, 0) is 67.4 Å². The number of aryl methyl sites for hydroxylation is 1. The lowest BCUT2D eigenvalue weighted by Crippen LogP contribution is -2.23. The zero-order valence-corrected chi connectivity index (χ0v) is 13.8. The molecule has 1 aliphatic rings. The van der Waals surface area contributed by atoms with Crippen LogP contribution in [0.1, 0.15) is 89.2 Å². The number of hydrogen-bond acceptors (Lipinski definition) is 0. The molecule has 0 saturated heterocycles. The van der Waals surface area contributed by atoms with Crippen molar-refractivity contribution in [2.24, 2.45) is 5.41 Å². The Hall–Kier alpha value is -0.780. The predicted molar refractivity (Wildman–Crippen MR) is 89.3 cm³/mol. The Morgan fingerprint density at radius 3 is 2.20 bits per heavy atom. The van der Waals surface area contributed by atoms with Crippen LogP contribution in [0.25, 0.3) is 0 Å². The molecule has 0 bridgehead atoms. The monoisotopic (exact) mass is 272 g/mol. The molecular formula is C20H32. The van der Waals surface area contributed by atoms with Gasteiger partial charge in [0.25, 0.3) is 0 Å². The van der Waals surface area contributed by atoms with Crippen molar-refractivity contribution >= 4 is 0 Å². The third-order valence-corrected chi connectivity index (χ3v) is 5.32. The zero-order chi connectivity index (χ0) is 14.4. The SMILES string of the molecule is CCCCc1ccc([C@H]2CC[C@@](C)(CCC)CC2)cc1. The first-order valence-corrected chi connectivity index (χ1v) is 8.75. The van der Waals surface area contributed by atoms with Gasteiger partial charge in [-0.2, -0.15) is 0 Å². The highest BCUT2D eigenvalue weighted by atomic mass is 14.4. The van der Waals surface area contributed by atoms with Gasteiger partial charge in [-0.15, -0.1) is 0 Å². The first kappa shape index (κ1) is 15.6. The van der Waals surface area contributed by atoms with Crippen molar-refractivity contribution in [3.63, 3.8) is 0 Å². The highest BCUT2D eigenvalue weighted by Gasteiger charge is 2.30. The molecule has 0 heterocycles. The molecule has 1 aromatic rings. The van der Waals surface area contributed by atoms with E-state index in [4.69, 9.17) is 0 Å². The molecule has 2 rings (SSSR count). The van der Waals surface area contributed by atoms with E-state index in [-0.39, 0.29) is 0 Å². The van der Waals surface area contributed by atoms with Crippen LogP contribution in [0.3, 0.4) is 0 Å². The van der Waals surface area contributed by atoms with Crippen molar-refractivity contribution in [2.75, 3.05) is 0 Å². The molecule has 1 aromatic carbocycles. The Morgan fingerprint density at radius 2 is 1.65 bits per heavy atom. The summed E-state index contributed by atoms with van der Waals surface area (Å²) in [4.78, 5) is 0. The fraction of sp³-hybridized carbons (Fsp3) is 0.700. The minimum Gasteiger partial charge on any atom is -0.0654 e. The second-order valence-corrected chi connectivity index (χ2v) is 7.18. The van der Waals surface area contributed by atoms with Gasteiger partial charge >= 0.3 is 0 Å². The van der Waals surface area contributed by atoms with E-state index in [0.717, 1.165) is 5.92 Å². The van der Waals surface area contributed by atoms with Crippen LogP contribution in [0.2, 0.25) is 0 Å². The molecule has 0 spiro atoms. The smallest absolute Gasteiger partial charge is 0.0162 e. The molecule has 112 valence electrons. The number of rotatable bonds is 6. The van der Waals surface area contributed by atoms with Gasteiger partial charge in [-0.1, -0.05) is 57.9 Å². The maximum absolute atomic E-state index is 2.50. The molecule has 1 aliphatic carbocycles. The van der Waals surface area contributed by atoms with Gasteiger partial charge in [0, 0.05) is 0 Å². The van der Waals surface area contributed by atoms with Crippen LogP contribution < -0.4 is 0 Å². The number of hydrogen-bond donors (Lipinski definition) is 0. The molecule has 0 N–H and O–H groups in total. The third kappa shape index (κ3) is 4.11. The van der Waals surface area contributed by atoms with Gasteiger partial charge in [0.1, 0.15) is 0 Å². The quantitative estimate of drug-likeness (QED) is 0.555. The van der Waals surface area contributed by atoms with Gasteiger partial charge in [-0.25, -0.2) is 0 Å². The van der Waals surface area contributed by atoms with Gasteiger partial charge < -0.3 is 0 Å². The van der Waals surface area contributed by atoms with E-state index in [0.29, 0.717) is 5.41 Å². The van der Waals surface area contributed by atoms with E-state index in [1.165, 1.54) is 63.4 Å². The van der Waals surface area contributed by atoms with Gasteiger partial charge in [0.05, 0.1) is 0 Å².